The second-order valence-corrected chi connectivity index (χ2v) is 12.1. The van der Waals surface area contributed by atoms with Crippen LogP contribution in [0.3, 0.4) is 0 Å². The summed E-state index contributed by atoms with van der Waals surface area (Å²) >= 11 is 1.41. The summed E-state index contributed by atoms with van der Waals surface area (Å²) in [4.78, 5) is 56.5. The van der Waals surface area contributed by atoms with E-state index in [1.165, 1.54) is 50.3 Å². The van der Waals surface area contributed by atoms with Gasteiger partial charge in [-0.15, -0.1) is 0 Å². The number of thioether (sulfide) groups is 1. The van der Waals surface area contributed by atoms with Crippen molar-refractivity contribution in [1.29, 1.82) is 0 Å². The van der Waals surface area contributed by atoms with Gasteiger partial charge in [-0.2, -0.15) is 0 Å². The van der Waals surface area contributed by atoms with E-state index in [0.29, 0.717) is 12.8 Å². The minimum atomic E-state index is -5.23. The Bertz CT molecular complexity index is 680. The van der Waals surface area contributed by atoms with Crippen LogP contribution < -0.4 is 68.9 Å². The van der Waals surface area contributed by atoms with Gasteiger partial charge in [-0.1, -0.05) is 102 Å². The Balaban J connectivity index is -0.00000684. The number of hydrogen-bond acceptors (Lipinski definition) is 10. The molecule has 1 atom stereocenters. The van der Waals surface area contributed by atoms with Gasteiger partial charge in [0.25, 0.3) is 0 Å². The van der Waals surface area contributed by atoms with Crippen molar-refractivity contribution in [1.82, 2.24) is 0 Å². The number of unbranched alkanes of at least 4 members (excludes halogenated alkanes) is 14. The maximum atomic E-state index is 12.0. The molecular weight excluding hydrogens is 577 g/mol. The van der Waals surface area contributed by atoms with E-state index in [1.54, 1.807) is 6.92 Å². The van der Waals surface area contributed by atoms with Crippen molar-refractivity contribution < 1.29 is 102 Å². The van der Waals surface area contributed by atoms with Crippen LogP contribution in [-0.2, 0) is 32.9 Å². The largest absolute Gasteiger partial charge is 1.00 e. The van der Waals surface area contributed by atoms with Crippen LogP contribution in [0.5, 0.6) is 0 Å². The van der Waals surface area contributed by atoms with Crippen LogP contribution in [0, 0.1) is 0 Å². The van der Waals surface area contributed by atoms with Crippen molar-refractivity contribution >= 4 is 36.6 Å². The fraction of sp³-hybridized carbons (Fsp3) is 0.889. The van der Waals surface area contributed by atoms with Gasteiger partial charge in [-0.3, -0.25) is 14.4 Å². The molecule has 0 aromatic rings. The molecule has 0 amide bonds. The molecule has 13 heteroatoms. The van der Waals surface area contributed by atoms with E-state index in [-0.39, 0.29) is 83.7 Å². The predicted octanol–water partition coefficient (Wildman–Crippen LogP) is -0.384. The monoisotopic (exact) mass is 626 g/mol. The molecule has 224 valence electrons. The number of ether oxygens (including phenoxy) is 2. The molecule has 0 saturated carbocycles. The second-order valence-electron chi connectivity index (χ2n) is 9.68. The first-order valence-corrected chi connectivity index (χ1v) is 16.7. The van der Waals surface area contributed by atoms with Crippen LogP contribution in [-0.4, -0.2) is 42.1 Å². The number of esters is 2. The zero-order valence-corrected chi connectivity index (χ0v) is 31.2. The van der Waals surface area contributed by atoms with Crippen molar-refractivity contribution in [2.75, 3.05) is 19.0 Å². The summed E-state index contributed by atoms with van der Waals surface area (Å²) in [5, 5.41) is 0.194. The van der Waals surface area contributed by atoms with E-state index in [2.05, 4.69) is 11.4 Å². The summed E-state index contributed by atoms with van der Waals surface area (Å²) < 4.78 is 25.3. The normalized spacial score (nSPS) is 11.7. The molecular formula is C27H49Na2O9PS. The van der Waals surface area contributed by atoms with Gasteiger partial charge in [-0.25, -0.2) is 0 Å². The third-order valence-electron chi connectivity index (χ3n) is 5.96. The quantitative estimate of drug-likeness (QED) is 0.0540. The molecule has 0 unspecified atom stereocenters. The Morgan fingerprint density at radius 1 is 0.700 bits per heavy atom. The number of phosphoric acid groups is 1. The number of phosphoric ester groups is 1. The van der Waals surface area contributed by atoms with Gasteiger partial charge in [0, 0.05) is 25.5 Å². The van der Waals surface area contributed by atoms with Gasteiger partial charge < -0.3 is 28.3 Å². The standard InChI is InChI=1S/C27H51O9PS.2Na/c1-3-4-5-13-17-20-27(30)36-25(23-35-37(31,32)33)22-34-26(29)19-16-14-11-9-7-6-8-10-12-15-18-21-38-24(2)28;;/h25H,3-23H2,1-2H3,(H2,31,32,33);;/q;2*+1/p-2/t25-;;/m0../s1. The van der Waals surface area contributed by atoms with Gasteiger partial charge in [0.05, 0.1) is 14.4 Å². The van der Waals surface area contributed by atoms with Crippen LogP contribution in [0.1, 0.15) is 129 Å². The average Bonchev–Trinajstić information content (AvgIpc) is 2.85. The van der Waals surface area contributed by atoms with Crippen LogP contribution in [0.4, 0.5) is 0 Å². The first kappa shape index (κ1) is 45.5. The molecule has 0 aromatic heterocycles. The molecule has 0 fully saturated rings. The first-order chi connectivity index (χ1) is 18.1. The van der Waals surface area contributed by atoms with E-state index in [0.717, 1.165) is 57.1 Å². The molecule has 0 bridgehead atoms. The maximum absolute atomic E-state index is 12.0. The minimum absolute atomic E-state index is 0. The molecule has 0 saturated heterocycles. The number of rotatable bonds is 26. The minimum Gasteiger partial charge on any atom is -0.790 e. The smallest absolute Gasteiger partial charge is 0.790 e. The summed E-state index contributed by atoms with van der Waals surface area (Å²) in [6, 6.07) is 0. The Kier molecular flexibility index (Phi) is 35.8. The third-order valence-corrected chi connectivity index (χ3v) is 7.33. The zero-order valence-electron chi connectivity index (χ0n) is 25.5. The molecule has 0 rings (SSSR count). The van der Waals surface area contributed by atoms with Crippen LogP contribution in [0.15, 0.2) is 0 Å². The van der Waals surface area contributed by atoms with E-state index in [1.807, 2.05) is 0 Å². The molecule has 0 heterocycles. The van der Waals surface area contributed by atoms with Gasteiger partial charge in [0.1, 0.15) is 6.61 Å². The molecule has 40 heavy (non-hydrogen) atoms. The molecule has 9 nitrogen and oxygen atoms in total. The molecule has 0 aliphatic carbocycles. The van der Waals surface area contributed by atoms with Gasteiger partial charge in [0.2, 0.25) is 0 Å². The summed E-state index contributed by atoms with van der Waals surface area (Å²) in [6.07, 6.45) is 16.1. The van der Waals surface area contributed by atoms with Crippen molar-refractivity contribution in [2.45, 2.75) is 136 Å². The summed E-state index contributed by atoms with van der Waals surface area (Å²) in [5.74, 6) is -0.0716. The van der Waals surface area contributed by atoms with E-state index in [9.17, 15) is 28.7 Å². The summed E-state index contributed by atoms with van der Waals surface area (Å²) in [5.41, 5.74) is 0. The summed E-state index contributed by atoms with van der Waals surface area (Å²) in [6.45, 7) is 2.68. The second kappa shape index (κ2) is 31.5. The molecule has 0 aliphatic rings. The van der Waals surface area contributed by atoms with Gasteiger partial charge >= 0.3 is 71.1 Å². The van der Waals surface area contributed by atoms with E-state index < -0.39 is 32.5 Å². The SMILES string of the molecule is CCCCCCCC(=O)O[C@@H](COC(=O)CCCCCCCCCCCCCSC(C)=O)COP(=O)([O-])[O-].[Na+].[Na+]. The number of hydrogen-bond donors (Lipinski definition) is 0. The Labute approximate surface area is 290 Å². The fourth-order valence-electron chi connectivity index (χ4n) is 3.84. The average molecular weight is 627 g/mol. The number of carbonyl (C=O) groups is 3. The Morgan fingerprint density at radius 2 is 1.15 bits per heavy atom. The van der Waals surface area contributed by atoms with Crippen molar-refractivity contribution in [3.05, 3.63) is 0 Å². The molecule has 0 aromatic carbocycles. The third kappa shape index (κ3) is 35.3. The van der Waals surface area contributed by atoms with Gasteiger partial charge in [0.15, 0.2) is 11.2 Å². The molecule has 0 radical (unpaired) electrons. The summed E-state index contributed by atoms with van der Waals surface area (Å²) in [7, 11) is -5.23. The van der Waals surface area contributed by atoms with Crippen molar-refractivity contribution in [3.8, 4) is 0 Å². The molecule has 0 N–H and O–H groups in total. The maximum Gasteiger partial charge on any atom is 1.00 e. The van der Waals surface area contributed by atoms with Crippen LogP contribution in [0.2, 0.25) is 0 Å². The Hall–Kier alpha value is 1.07. The van der Waals surface area contributed by atoms with Crippen LogP contribution >= 0.6 is 19.6 Å². The fourth-order valence-corrected chi connectivity index (χ4v) is 4.83. The topological polar surface area (TPSA) is 142 Å². The molecule has 0 aliphatic heterocycles. The van der Waals surface area contributed by atoms with Crippen molar-refractivity contribution in [2.24, 2.45) is 0 Å². The number of carbonyl (C=O) groups excluding carboxylic acids is 3. The van der Waals surface area contributed by atoms with Crippen molar-refractivity contribution in [3.63, 3.8) is 0 Å². The van der Waals surface area contributed by atoms with E-state index >= 15 is 0 Å². The zero-order chi connectivity index (χ0) is 28.5. The van der Waals surface area contributed by atoms with Gasteiger partial charge in [-0.05, 0) is 19.3 Å². The molecule has 0 spiro atoms. The Morgan fingerprint density at radius 3 is 1.62 bits per heavy atom. The van der Waals surface area contributed by atoms with E-state index in [4.69, 9.17) is 9.47 Å². The van der Waals surface area contributed by atoms with Crippen LogP contribution in [0.25, 0.3) is 0 Å². The first-order valence-electron chi connectivity index (χ1n) is 14.3. The predicted molar refractivity (Wildman–Crippen MR) is 146 cm³/mol.